The van der Waals surface area contributed by atoms with Crippen molar-refractivity contribution in [2.45, 2.75) is 20.8 Å². The molecule has 3 nitrogen and oxygen atoms in total. The Hall–Kier alpha value is -2.68. The van der Waals surface area contributed by atoms with Crippen LogP contribution in [0.2, 0.25) is 0 Å². The second kappa shape index (κ2) is 4.41. The molecular formula is C19H19N3. The van der Waals surface area contributed by atoms with Gasteiger partial charge in [-0.15, -0.1) is 0 Å². The Morgan fingerprint density at radius 2 is 1.55 bits per heavy atom. The number of rotatable bonds is 1. The number of nitrogens with zero attached hydrogens (tertiary/aromatic N) is 2. The summed E-state index contributed by atoms with van der Waals surface area (Å²) in [7, 11) is 0. The molecule has 22 heavy (non-hydrogen) atoms. The highest BCUT2D eigenvalue weighted by atomic mass is 15.2. The van der Waals surface area contributed by atoms with Crippen LogP contribution in [0.4, 0.5) is 5.82 Å². The lowest BCUT2D eigenvalue weighted by atomic mass is 10.1. The van der Waals surface area contributed by atoms with E-state index in [1.54, 1.807) is 0 Å². The zero-order valence-electron chi connectivity index (χ0n) is 13.1. The van der Waals surface area contributed by atoms with Gasteiger partial charge in [0.1, 0.15) is 11.5 Å². The number of nitrogens with two attached hydrogens (primary N) is 1. The van der Waals surface area contributed by atoms with Gasteiger partial charge in [-0.1, -0.05) is 36.4 Å². The number of aryl methyl sites for hydroxylation is 3. The molecule has 0 fully saturated rings. The standard InChI is InChI=1S/C19H19N3/c1-12-7-6-8-13(2)18(12)22-17-11-15-9-4-5-10-16(15)21(17)14(3)19(22)20/h4-11H,20H2,1-3H3. The monoisotopic (exact) mass is 289 g/mol. The van der Waals surface area contributed by atoms with Crippen LogP contribution < -0.4 is 5.73 Å². The molecule has 2 heterocycles. The first-order chi connectivity index (χ1) is 10.6. The van der Waals surface area contributed by atoms with Gasteiger partial charge in [-0.2, -0.15) is 0 Å². The van der Waals surface area contributed by atoms with E-state index < -0.39 is 0 Å². The van der Waals surface area contributed by atoms with E-state index in [4.69, 9.17) is 5.73 Å². The van der Waals surface area contributed by atoms with Crippen LogP contribution in [0.3, 0.4) is 0 Å². The van der Waals surface area contributed by atoms with Crippen molar-refractivity contribution in [2.24, 2.45) is 0 Å². The van der Waals surface area contributed by atoms with Crippen LogP contribution in [0.25, 0.3) is 22.2 Å². The topological polar surface area (TPSA) is 35.4 Å². The Morgan fingerprint density at radius 1 is 0.864 bits per heavy atom. The molecule has 0 spiro atoms. The third kappa shape index (κ3) is 1.56. The summed E-state index contributed by atoms with van der Waals surface area (Å²) in [5.74, 6) is 0.804. The molecule has 0 atom stereocenters. The summed E-state index contributed by atoms with van der Waals surface area (Å²) in [6.45, 7) is 6.35. The van der Waals surface area contributed by atoms with Crippen LogP contribution in [0.1, 0.15) is 16.8 Å². The van der Waals surface area contributed by atoms with Crippen molar-refractivity contribution in [1.82, 2.24) is 8.97 Å². The van der Waals surface area contributed by atoms with Gasteiger partial charge in [0.2, 0.25) is 0 Å². The van der Waals surface area contributed by atoms with Crippen molar-refractivity contribution in [3.05, 3.63) is 65.4 Å². The van der Waals surface area contributed by atoms with Crippen molar-refractivity contribution in [3.63, 3.8) is 0 Å². The van der Waals surface area contributed by atoms with Gasteiger partial charge in [0.25, 0.3) is 0 Å². The number of benzene rings is 2. The molecule has 0 amide bonds. The zero-order chi connectivity index (χ0) is 15.4. The summed E-state index contributed by atoms with van der Waals surface area (Å²) in [4.78, 5) is 0. The molecule has 0 bridgehead atoms. The average molecular weight is 289 g/mol. The summed E-state index contributed by atoms with van der Waals surface area (Å²) in [6.07, 6.45) is 0. The van der Waals surface area contributed by atoms with E-state index in [9.17, 15) is 0 Å². The second-order valence-electron chi connectivity index (χ2n) is 5.94. The van der Waals surface area contributed by atoms with Crippen LogP contribution in [-0.4, -0.2) is 8.97 Å². The molecular weight excluding hydrogens is 270 g/mol. The lowest BCUT2D eigenvalue weighted by molar-refractivity contribution is 1.08. The SMILES string of the molecule is Cc1cccc(C)c1-n1c(N)c(C)n2c3ccccc3cc12. The first kappa shape index (κ1) is 13.0. The summed E-state index contributed by atoms with van der Waals surface area (Å²) in [6, 6.07) is 17.0. The first-order valence-electron chi connectivity index (χ1n) is 7.53. The molecule has 0 aliphatic carbocycles. The van der Waals surface area contributed by atoms with Crippen LogP contribution in [0.15, 0.2) is 48.5 Å². The summed E-state index contributed by atoms with van der Waals surface area (Å²) in [5.41, 5.74) is 13.5. The number of nitrogen functional groups attached to an aromatic ring is 1. The quantitative estimate of drug-likeness (QED) is 0.554. The molecule has 4 aromatic rings. The fourth-order valence-electron chi connectivity index (χ4n) is 3.45. The maximum atomic E-state index is 6.46. The molecule has 0 aliphatic rings. The minimum atomic E-state index is 0.804. The van der Waals surface area contributed by atoms with Gasteiger partial charge in [0, 0.05) is 5.39 Å². The van der Waals surface area contributed by atoms with Crippen LogP contribution in [-0.2, 0) is 0 Å². The van der Waals surface area contributed by atoms with Gasteiger partial charge in [-0.25, -0.2) is 0 Å². The number of anilines is 1. The highest BCUT2D eigenvalue weighted by Crippen LogP contribution is 2.32. The first-order valence-corrected chi connectivity index (χ1v) is 7.53. The highest BCUT2D eigenvalue weighted by molar-refractivity contribution is 5.88. The molecule has 110 valence electrons. The number of hydrogen-bond donors (Lipinski definition) is 1. The van der Waals surface area contributed by atoms with E-state index in [1.165, 1.54) is 27.7 Å². The van der Waals surface area contributed by atoms with E-state index in [0.717, 1.165) is 17.2 Å². The lowest BCUT2D eigenvalue weighted by Crippen LogP contribution is -2.04. The minimum absolute atomic E-state index is 0.804. The third-order valence-corrected chi connectivity index (χ3v) is 4.53. The molecule has 0 unspecified atom stereocenters. The molecule has 3 heteroatoms. The molecule has 0 saturated carbocycles. The predicted molar refractivity (Wildman–Crippen MR) is 92.9 cm³/mol. The smallest absolute Gasteiger partial charge is 0.129 e. The van der Waals surface area contributed by atoms with E-state index in [-0.39, 0.29) is 0 Å². The number of imidazole rings is 1. The Morgan fingerprint density at radius 3 is 2.27 bits per heavy atom. The van der Waals surface area contributed by atoms with E-state index in [0.29, 0.717) is 0 Å². The average Bonchev–Trinajstić information content (AvgIpc) is 2.98. The summed E-state index contributed by atoms with van der Waals surface area (Å²) in [5, 5.41) is 1.24. The van der Waals surface area contributed by atoms with E-state index in [1.807, 2.05) is 0 Å². The number of fused-ring (bicyclic) bond motifs is 3. The minimum Gasteiger partial charge on any atom is -0.383 e. The van der Waals surface area contributed by atoms with Gasteiger partial charge in [0.05, 0.1) is 16.9 Å². The van der Waals surface area contributed by atoms with Crippen LogP contribution >= 0.6 is 0 Å². The van der Waals surface area contributed by atoms with Crippen LogP contribution in [0.5, 0.6) is 0 Å². The third-order valence-electron chi connectivity index (χ3n) is 4.53. The fraction of sp³-hybridized carbons (Fsp3) is 0.158. The Bertz CT molecular complexity index is 998. The van der Waals surface area contributed by atoms with Crippen molar-refractivity contribution < 1.29 is 0 Å². The maximum Gasteiger partial charge on any atom is 0.129 e. The Kier molecular flexibility index (Phi) is 2.61. The van der Waals surface area contributed by atoms with Crippen molar-refractivity contribution in [3.8, 4) is 5.69 Å². The number of aromatic nitrogens is 2. The fourth-order valence-corrected chi connectivity index (χ4v) is 3.45. The maximum absolute atomic E-state index is 6.46. The zero-order valence-corrected chi connectivity index (χ0v) is 13.1. The molecule has 2 N–H and O–H groups in total. The van der Waals surface area contributed by atoms with Crippen molar-refractivity contribution in [2.75, 3.05) is 5.73 Å². The molecule has 2 aromatic carbocycles. The van der Waals surface area contributed by atoms with Crippen molar-refractivity contribution >= 4 is 22.4 Å². The highest BCUT2D eigenvalue weighted by Gasteiger charge is 2.18. The Labute approximate surface area is 129 Å². The van der Waals surface area contributed by atoms with Gasteiger partial charge in [0.15, 0.2) is 0 Å². The number of hydrogen-bond acceptors (Lipinski definition) is 1. The summed E-state index contributed by atoms with van der Waals surface area (Å²) >= 11 is 0. The molecule has 2 aromatic heterocycles. The molecule has 0 aliphatic heterocycles. The second-order valence-corrected chi connectivity index (χ2v) is 5.94. The van der Waals surface area contributed by atoms with Gasteiger partial charge in [-0.05, 0) is 44.0 Å². The van der Waals surface area contributed by atoms with Crippen molar-refractivity contribution in [1.29, 1.82) is 0 Å². The lowest BCUT2D eigenvalue weighted by Gasteiger charge is -2.13. The van der Waals surface area contributed by atoms with E-state index >= 15 is 0 Å². The summed E-state index contributed by atoms with van der Waals surface area (Å²) < 4.78 is 4.43. The van der Waals surface area contributed by atoms with Gasteiger partial charge >= 0.3 is 0 Å². The molecule has 4 rings (SSSR count). The Balaban J connectivity index is 2.21. The number of para-hydroxylation sites is 2. The normalized spacial score (nSPS) is 11.6. The molecule has 0 radical (unpaired) electrons. The molecule has 0 saturated heterocycles. The van der Waals surface area contributed by atoms with E-state index in [2.05, 4.69) is 78.3 Å². The van der Waals surface area contributed by atoms with Gasteiger partial charge < -0.3 is 5.73 Å². The van der Waals surface area contributed by atoms with Gasteiger partial charge in [-0.3, -0.25) is 8.97 Å². The largest absolute Gasteiger partial charge is 0.383 e. The predicted octanol–water partition coefficient (Wildman–Crippen LogP) is 4.39. The van der Waals surface area contributed by atoms with Crippen LogP contribution in [0, 0.1) is 20.8 Å².